The SMILES string of the molecule is CCC(c1cccs1)n1c(=S)[nH]c2cc(Cl)c(Cl)cc21. The Bertz CT molecular complexity index is 803. The lowest BCUT2D eigenvalue weighted by Gasteiger charge is -2.16. The molecule has 0 aliphatic heterocycles. The van der Waals surface area contributed by atoms with Crippen LogP contribution in [0, 0.1) is 4.77 Å². The van der Waals surface area contributed by atoms with Gasteiger partial charge >= 0.3 is 0 Å². The van der Waals surface area contributed by atoms with Gasteiger partial charge < -0.3 is 9.55 Å². The first-order valence-corrected chi connectivity index (χ1v) is 8.29. The minimum Gasteiger partial charge on any atom is -0.331 e. The second-order valence-corrected chi connectivity index (χ2v) is 6.70. The van der Waals surface area contributed by atoms with Crippen LogP contribution in [-0.4, -0.2) is 9.55 Å². The first-order valence-electron chi connectivity index (χ1n) is 6.24. The van der Waals surface area contributed by atoms with Gasteiger partial charge in [-0.1, -0.05) is 36.2 Å². The molecule has 0 radical (unpaired) electrons. The molecular weight excluding hydrogens is 331 g/mol. The highest BCUT2D eigenvalue weighted by Gasteiger charge is 2.17. The van der Waals surface area contributed by atoms with Gasteiger partial charge in [0.25, 0.3) is 0 Å². The van der Waals surface area contributed by atoms with Crippen LogP contribution in [0.25, 0.3) is 11.0 Å². The van der Waals surface area contributed by atoms with E-state index in [1.807, 2.05) is 12.1 Å². The van der Waals surface area contributed by atoms with Gasteiger partial charge in [0, 0.05) is 4.88 Å². The second-order valence-electron chi connectivity index (χ2n) is 4.52. The summed E-state index contributed by atoms with van der Waals surface area (Å²) in [6.45, 7) is 2.16. The zero-order chi connectivity index (χ0) is 14.3. The lowest BCUT2D eigenvalue weighted by atomic mass is 10.2. The highest BCUT2D eigenvalue weighted by atomic mass is 35.5. The van der Waals surface area contributed by atoms with Crippen LogP contribution in [0.3, 0.4) is 0 Å². The summed E-state index contributed by atoms with van der Waals surface area (Å²) in [4.78, 5) is 4.50. The third kappa shape index (κ3) is 2.31. The number of imidazole rings is 1. The second kappa shape index (κ2) is 5.53. The van der Waals surface area contributed by atoms with Gasteiger partial charge in [-0.2, -0.15) is 0 Å². The van der Waals surface area contributed by atoms with Gasteiger partial charge in [-0.05, 0) is 42.2 Å². The first-order chi connectivity index (χ1) is 9.61. The molecule has 6 heteroatoms. The lowest BCUT2D eigenvalue weighted by Crippen LogP contribution is -2.08. The van der Waals surface area contributed by atoms with Crippen LogP contribution in [0.4, 0.5) is 0 Å². The third-order valence-corrected chi connectivity index (χ3v) is 5.32. The van der Waals surface area contributed by atoms with E-state index in [0.717, 1.165) is 17.5 Å². The normalized spacial score (nSPS) is 12.9. The van der Waals surface area contributed by atoms with Gasteiger partial charge in [0.1, 0.15) is 0 Å². The number of aromatic nitrogens is 2. The average Bonchev–Trinajstić information content (AvgIpc) is 3.02. The Balaban J connectivity index is 2.27. The molecule has 0 fully saturated rings. The summed E-state index contributed by atoms with van der Waals surface area (Å²) in [5.41, 5.74) is 1.91. The summed E-state index contributed by atoms with van der Waals surface area (Å²) >= 11 is 19.4. The topological polar surface area (TPSA) is 20.7 Å². The molecule has 0 spiro atoms. The minimum atomic E-state index is 0.216. The molecule has 0 amide bonds. The van der Waals surface area contributed by atoms with E-state index in [1.165, 1.54) is 4.88 Å². The molecule has 20 heavy (non-hydrogen) atoms. The molecule has 0 saturated heterocycles. The standard InChI is InChI=1S/C14H12Cl2N2S2/c1-2-11(13-4-3-5-20-13)18-12-7-9(16)8(15)6-10(12)17-14(18)19/h3-7,11H,2H2,1H3,(H,17,19). The number of rotatable bonds is 3. The number of aromatic amines is 1. The number of nitrogens with one attached hydrogen (secondary N) is 1. The minimum absolute atomic E-state index is 0.216. The molecule has 1 aromatic carbocycles. The van der Waals surface area contributed by atoms with Crippen molar-refractivity contribution in [2.24, 2.45) is 0 Å². The van der Waals surface area contributed by atoms with Crippen molar-refractivity contribution in [2.45, 2.75) is 19.4 Å². The molecule has 2 nitrogen and oxygen atoms in total. The van der Waals surface area contributed by atoms with Crippen LogP contribution in [-0.2, 0) is 0 Å². The fourth-order valence-electron chi connectivity index (χ4n) is 2.42. The number of H-pyrrole nitrogens is 1. The lowest BCUT2D eigenvalue weighted by molar-refractivity contribution is 0.584. The summed E-state index contributed by atoms with van der Waals surface area (Å²) in [6.07, 6.45) is 0.960. The number of hydrogen-bond acceptors (Lipinski definition) is 2. The average molecular weight is 343 g/mol. The number of benzene rings is 1. The fourth-order valence-corrected chi connectivity index (χ4v) is 3.98. The van der Waals surface area contributed by atoms with Gasteiger partial charge in [0.15, 0.2) is 4.77 Å². The molecule has 1 atom stereocenters. The predicted octanol–water partition coefficient (Wildman–Crippen LogP) is 6.07. The molecule has 3 rings (SSSR count). The van der Waals surface area contributed by atoms with E-state index < -0.39 is 0 Å². The summed E-state index contributed by atoms with van der Waals surface area (Å²) in [5.74, 6) is 0. The molecule has 3 aromatic rings. The molecule has 2 heterocycles. The summed E-state index contributed by atoms with van der Waals surface area (Å²) in [7, 11) is 0. The first kappa shape index (κ1) is 14.1. The number of nitrogens with zero attached hydrogens (tertiary/aromatic N) is 1. The summed E-state index contributed by atoms with van der Waals surface area (Å²) in [6, 6.07) is 8.12. The summed E-state index contributed by atoms with van der Waals surface area (Å²) in [5, 5.41) is 3.16. The van der Waals surface area contributed by atoms with Crippen molar-refractivity contribution in [3.63, 3.8) is 0 Å². The highest BCUT2D eigenvalue weighted by molar-refractivity contribution is 7.71. The van der Waals surface area contributed by atoms with Crippen molar-refractivity contribution in [2.75, 3.05) is 0 Å². The molecule has 1 unspecified atom stereocenters. The number of thiophene rings is 1. The number of halogens is 2. The van der Waals surface area contributed by atoms with Gasteiger partial charge in [-0.25, -0.2) is 0 Å². The summed E-state index contributed by atoms with van der Waals surface area (Å²) < 4.78 is 2.82. The van der Waals surface area contributed by atoms with Crippen LogP contribution in [0.1, 0.15) is 24.3 Å². The Morgan fingerprint density at radius 3 is 2.75 bits per heavy atom. The third-order valence-electron chi connectivity index (χ3n) is 3.33. The largest absolute Gasteiger partial charge is 0.331 e. The molecule has 0 bridgehead atoms. The van der Waals surface area contributed by atoms with E-state index in [2.05, 4.69) is 34.0 Å². The Hall–Kier alpha value is -0.810. The van der Waals surface area contributed by atoms with Crippen LogP contribution in [0.2, 0.25) is 10.0 Å². The molecule has 104 valence electrons. The van der Waals surface area contributed by atoms with Gasteiger partial charge in [0.05, 0.1) is 27.1 Å². The van der Waals surface area contributed by atoms with Crippen molar-refractivity contribution < 1.29 is 0 Å². The molecule has 2 aromatic heterocycles. The van der Waals surface area contributed by atoms with Gasteiger partial charge in [-0.15, -0.1) is 11.3 Å². The Morgan fingerprint density at radius 1 is 1.35 bits per heavy atom. The van der Waals surface area contributed by atoms with Crippen LogP contribution in [0.5, 0.6) is 0 Å². The van der Waals surface area contributed by atoms with Crippen molar-refractivity contribution >= 4 is 57.8 Å². The molecular formula is C14H12Cl2N2S2. The van der Waals surface area contributed by atoms with Gasteiger partial charge in [0.2, 0.25) is 0 Å². The van der Waals surface area contributed by atoms with Crippen molar-refractivity contribution in [1.29, 1.82) is 0 Å². The van der Waals surface area contributed by atoms with E-state index in [9.17, 15) is 0 Å². The number of fused-ring (bicyclic) bond motifs is 1. The molecule has 1 N–H and O–H groups in total. The molecule has 0 aliphatic carbocycles. The quantitative estimate of drug-likeness (QED) is 0.573. The predicted molar refractivity (Wildman–Crippen MR) is 89.9 cm³/mol. The maximum absolute atomic E-state index is 6.15. The van der Waals surface area contributed by atoms with Crippen molar-refractivity contribution in [3.8, 4) is 0 Å². The van der Waals surface area contributed by atoms with Crippen molar-refractivity contribution in [3.05, 3.63) is 49.3 Å². The van der Waals surface area contributed by atoms with Crippen LogP contribution in [0.15, 0.2) is 29.6 Å². The van der Waals surface area contributed by atoms with E-state index >= 15 is 0 Å². The van der Waals surface area contributed by atoms with E-state index in [1.54, 1.807) is 11.3 Å². The van der Waals surface area contributed by atoms with Crippen LogP contribution >= 0.6 is 46.8 Å². The maximum Gasteiger partial charge on any atom is 0.178 e. The zero-order valence-corrected chi connectivity index (χ0v) is 13.8. The monoisotopic (exact) mass is 342 g/mol. The zero-order valence-electron chi connectivity index (χ0n) is 10.7. The fraction of sp³-hybridized carbons (Fsp3) is 0.214. The van der Waals surface area contributed by atoms with E-state index in [-0.39, 0.29) is 6.04 Å². The Morgan fingerprint density at radius 2 is 2.10 bits per heavy atom. The Labute approximate surface area is 136 Å². The van der Waals surface area contributed by atoms with Crippen molar-refractivity contribution in [1.82, 2.24) is 9.55 Å². The maximum atomic E-state index is 6.15. The van der Waals surface area contributed by atoms with E-state index in [0.29, 0.717) is 14.8 Å². The Kier molecular flexibility index (Phi) is 3.91. The highest BCUT2D eigenvalue weighted by Crippen LogP contribution is 2.33. The van der Waals surface area contributed by atoms with E-state index in [4.69, 9.17) is 35.4 Å². The molecule has 0 saturated carbocycles. The van der Waals surface area contributed by atoms with Crippen LogP contribution < -0.4 is 0 Å². The van der Waals surface area contributed by atoms with Gasteiger partial charge in [-0.3, -0.25) is 0 Å². The number of hydrogen-bond donors (Lipinski definition) is 1. The molecule has 0 aliphatic rings. The smallest absolute Gasteiger partial charge is 0.178 e.